The van der Waals surface area contributed by atoms with Gasteiger partial charge >= 0.3 is 0 Å². The molecule has 2 rings (SSSR count). The van der Waals surface area contributed by atoms with Crippen LogP contribution in [0.1, 0.15) is 31.4 Å². The van der Waals surface area contributed by atoms with Gasteiger partial charge in [0.25, 0.3) is 0 Å². The minimum absolute atomic E-state index is 0.244. The first-order valence-corrected chi connectivity index (χ1v) is 6.40. The van der Waals surface area contributed by atoms with Crippen molar-refractivity contribution >= 4 is 0 Å². The van der Waals surface area contributed by atoms with Gasteiger partial charge in [-0.3, -0.25) is 4.90 Å². The fraction of sp³-hybridized carbons (Fsp3) is 0.571. The molecule has 0 spiro atoms. The van der Waals surface area contributed by atoms with E-state index in [9.17, 15) is 0 Å². The van der Waals surface area contributed by atoms with Gasteiger partial charge in [0.05, 0.1) is 13.2 Å². The van der Waals surface area contributed by atoms with Crippen LogP contribution in [0.25, 0.3) is 0 Å². The Morgan fingerprint density at radius 3 is 3.00 bits per heavy atom. The predicted molar refractivity (Wildman–Crippen MR) is 70.2 cm³/mol. The molecule has 1 aromatic rings. The highest BCUT2D eigenvalue weighted by atomic mass is 16.5. The van der Waals surface area contributed by atoms with Crippen molar-refractivity contribution in [1.82, 2.24) is 4.90 Å². The van der Waals surface area contributed by atoms with Crippen LogP contribution in [0.3, 0.4) is 0 Å². The molecule has 94 valence electrons. The zero-order chi connectivity index (χ0) is 12.3. The molecule has 1 aromatic carbocycles. The lowest BCUT2D eigenvalue weighted by Crippen LogP contribution is -2.32. The molecule has 1 heterocycles. The molecule has 0 aromatic heterocycles. The lowest BCUT2D eigenvalue weighted by Gasteiger charge is -2.27. The molecular weight excluding hydrogens is 212 g/mol. The number of rotatable bonds is 4. The second-order valence-corrected chi connectivity index (χ2v) is 4.71. The highest BCUT2D eigenvalue weighted by Crippen LogP contribution is 2.32. The van der Waals surface area contributed by atoms with Crippen LogP contribution in [0, 0.1) is 0 Å². The third-order valence-electron chi connectivity index (χ3n) is 3.49. The first-order valence-electron chi connectivity index (χ1n) is 6.40. The van der Waals surface area contributed by atoms with E-state index >= 15 is 0 Å². The second-order valence-electron chi connectivity index (χ2n) is 4.71. The molecule has 0 bridgehead atoms. The normalized spacial score (nSPS) is 25.1. The molecule has 0 radical (unpaired) electrons. The van der Waals surface area contributed by atoms with E-state index in [2.05, 4.69) is 24.0 Å². The number of methoxy groups -OCH3 is 1. The standard InChI is InChI=1S/C14H22N2O/c1-3-8-16-9-7-13(15)14(16)11-5-4-6-12(10-11)17-2/h4-6,10,13-14H,3,7-9,15H2,1-2H3/t13-,14+/m1/s1. The van der Waals surface area contributed by atoms with Gasteiger partial charge in [-0.15, -0.1) is 0 Å². The van der Waals surface area contributed by atoms with Crippen LogP contribution in [0.15, 0.2) is 24.3 Å². The quantitative estimate of drug-likeness (QED) is 0.868. The van der Waals surface area contributed by atoms with Crippen molar-refractivity contribution in [3.8, 4) is 5.75 Å². The van der Waals surface area contributed by atoms with Crippen LogP contribution >= 0.6 is 0 Å². The van der Waals surface area contributed by atoms with E-state index in [1.54, 1.807) is 7.11 Å². The van der Waals surface area contributed by atoms with Crippen molar-refractivity contribution < 1.29 is 4.74 Å². The third-order valence-corrected chi connectivity index (χ3v) is 3.49. The SMILES string of the molecule is CCCN1CC[C@@H](N)[C@@H]1c1cccc(OC)c1. The largest absolute Gasteiger partial charge is 0.497 e. The number of ether oxygens (including phenoxy) is 1. The van der Waals surface area contributed by atoms with Gasteiger partial charge in [-0.05, 0) is 37.1 Å². The molecule has 2 atom stereocenters. The average molecular weight is 234 g/mol. The molecule has 1 saturated heterocycles. The summed E-state index contributed by atoms with van der Waals surface area (Å²) in [4.78, 5) is 2.49. The first-order chi connectivity index (χ1) is 8.26. The molecule has 1 aliphatic rings. The van der Waals surface area contributed by atoms with Gasteiger partial charge in [0.1, 0.15) is 5.75 Å². The molecule has 0 amide bonds. The van der Waals surface area contributed by atoms with Gasteiger partial charge in [-0.1, -0.05) is 19.1 Å². The van der Waals surface area contributed by atoms with E-state index in [0.29, 0.717) is 6.04 Å². The highest BCUT2D eigenvalue weighted by molar-refractivity contribution is 5.32. The summed E-state index contributed by atoms with van der Waals surface area (Å²) in [5.41, 5.74) is 7.52. The Morgan fingerprint density at radius 1 is 1.47 bits per heavy atom. The van der Waals surface area contributed by atoms with Gasteiger partial charge < -0.3 is 10.5 Å². The summed E-state index contributed by atoms with van der Waals surface area (Å²) >= 11 is 0. The van der Waals surface area contributed by atoms with E-state index in [-0.39, 0.29) is 6.04 Å². The summed E-state index contributed by atoms with van der Waals surface area (Å²) in [7, 11) is 1.71. The van der Waals surface area contributed by atoms with Crippen LogP contribution in [0.2, 0.25) is 0 Å². The van der Waals surface area contributed by atoms with Gasteiger partial charge in [0.15, 0.2) is 0 Å². The van der Waals surface area contributed by atoms with Gasteiger partial charge in [-0.2, -0.15) is 0 Å². The number of nitrogens with two attached hydrogens (primary N) is 1. The number of hydrogen-bond donors (Lipinski definition) is 1. The molecule has 2 N–H and O–H groups in total. The first kappa shape index (κ1) is 12.4. The Balaban J connectivity index is 2.22. The Labute approximate surface area is 104 Å². The van der Waals surface area contributed by atoms with E-state index in [1.165, 1.54) is 12.0 Å². The Morgan fingerprint density at radius 2 is 2.29 bits per heavy atom. The smallest absolute Gasteiger partial charge is 0.119 e. The molecule has 1 aliphatic heterocycles. The Bertz CT molecular complexity index is 365. The molecule has 0 saturated carbocycles. The third kappa shape index (κ3) is 2.61. The van der Waals surface area contributed by atoms with Crippen molar-refractivity contribution in [2.24, 2.45) is 5.73 Å². The fourth-order valence-corrected chi connectivity index (χ4v) is 2.70. The van der Waals surface area contributed by atoms with Crippen molar-refractivity contribution in [2.45, 2.75) is 31.8 Å². The zero-order valence-corrected chi connectivity index (χ0v) is 10.7. The van der Waals surface area contributed by atoms with Crippen molar-refractivity contribution in [1.29, 1.82) is 0 Å². The molecule has 1 fully saturated rings. The van der Waals surface area contributed by atoms with E-state index in [4.69, 9.17) is 10.5 Å². The number of likely N-dealkylation sites (tertiary alicyclic amines) is 1. The highest BCUT2D eigenvalue weighted by Gasteiger charge is 2.32. The molecule has 17 heavy (non-hydrogen) atoms. The van der Waals surface area contributed by atoms with E-state index in [1.807, 2.05) is 12.1 Å². The van der Waals surface area contributed by atoms with Gasteiger partial charge in [-0.25, -0.2) is 0 Å². The summed E-state index contributed by atoms with van der Waals surface area (Å²) in [6, 6.07) is 8.88. The van der Waals surface area contributed by atoms with E-state index < -0.39 is 0 Å². The summed E-state index contributed by atoms with van der Waals surface area (Å²) in [6.07, 6.45) is 2.26. The molecule has 3 nitrogen and oxygen atoms in total. The molecule has 3 heteroatoms. The van der Waals surface area contributed by atoms with Crippen LogP contribution in [-0.2, 0) is 0 Å². The van der Waals surface area contributed by atoms with Gasteiger partial charge in [0, 0.05) is 12.6 Å². The van der Waals surface area contributed by atoms with Crippen molar-refractivity contribution in [2.75, 3.05) is 20.2 Å². The maximum atomic E-state index is 6.24. The predicted octanol–water partition coefficient (Wildman–Crippen LogP) is 2.18. The van der Waals surface area contributed by atoms with Crippen LogP contribution in [-0.4, -0.2) is 31.1 Å². The monoisotopic (exact) mass is 234 g/mol. The lowest BCUT2D eigenvalue weighted by molar-refractivity contribution is 0.248. The summed E-state index contributed by atoms with van der Waals surface area (Å²) in [5.74, 6) is 0.915. The zero-order valence-electron chi connectivity index (χ0n) is 10.7. The fourth-order valence-electron chi connectivity index (χ4n) is 2.70. The number of nitrogens with zero attached hydrogens (tertiary/aromatic N) is 1. The van der Waals surface area contributed by atoms with Crippen LogP contribution in [0.4, 0.5) is 0 Å². The summed E-state index contributed by atoms with van der Waals surface area (Å²) < 4.78 is 5.29. The molecular formula is C14H22N2O. The minimum atomic E-state index is 0.244. The maximum Gasteiger partial charge on any atom is 0.119 e. The summed E-state index contributed by atoms with van der Waals surface area (Å²) in [5, 5.41) is 0. The van der Waals surface area contributed by atoms with Crippen LogP contribution in [0.5, 0.6) is 5.75 Å². The summed E-state index contributed by atoms with van der Waals surface area (Å²) in [6.45, 7) is 4.44. The van der Waals surface area contributed by atoms with E-state index in [0.717, 1.165) is 25.3 Å². The van der Waals surface area contributed by atoms with Crippen molar-refractivity contribution in [3.05, 3.63) is 29.8 Å². The second kappa shape index (κ2) is 5.52. The molecule has 0 aliphatic carbocycles. The Hall–Kier alpha value is -1.06. The van der Waals surface area contributed by atoms with Gasteiger partial charge in [0.2, 0.25) is 0 Å². The topological polar surface area (TPSA) is 38.5 Å². The lowest BCUT2D eigenvalue weighted by atomic mass is 10.0. The van der Waals surface area contributed by atoms with Crippen LogP contribution < -0.4 is 10.5 Å². The number of hydrogen-bond acceptors (Lipinski definition) is 3. The Kier molecular flexibility index (Phi) is 4.02. The maximum absolute atomic E-state index is 6.24. The minimum Gasteiger partial charge on any atom is -0.497 e. The molecule has 0 unspecified atom stereocenters. The number of benzene rings is 1. The average Bonchev–Trinajstić information content (AvgIpc) is 2.71. The van der Waals surface area contributed by atoms with Crippen molar-refractivity contribution in [3.63, 3.8) is 0 Å².